The summed E-state index contributed by atoms with van der Waals surface area (Å²) in [5.74, 6) is 0.553. The zero-order valence-corrected chi connectivity index (χ0v) is 8.66. The molecule has 0 aliphatic rings. The molecule has 1 atom stereocenters. The van der Waals surface area contributed by atoms with Crippen LogP contribution in [0.3, 0.4) is 0 Å². The third kappa shape index (κ3) is 9.80. The molecule has 0 aromatic carbocycles. The van der Waals surface area contributed by atoms with Gasteiger partial charge in [-0.1, -0.05) is 20.3 Å². The third-order valence-corrected chi connectivity index (χ3v) is 1.88. The molecule has 0 bridgehead atoms. The van der Waals surface area contributed by atoms with E-state index in [4.69, 9.17) is 0 Å². The molecule has 1 N–H and O–H groups in total. The van der Waals surface area contributed by atoms with E-state index in [1.54, 1.807) is 0 Å². The second kappa shape index (κ2) is 7.06. The lowest BCUT2D eigenvalue weighted by Crippen LogP contribution is -2.27. The van der Waals surface area contributed by atoms with Gasteiger partial charge in [0.05, 0.1) is 6.61 Å². The molecular formula is C9H18F3NO. The molecule has 0 aliphatic carbocycles. The first-order chi connectivity index (χ1) is 6.45. The standard InChI is InChI=1S/C9H18F3NO/c1-3-8(2)6-13-4-5-14-7-9(10,11)12/h8,13H,3-7H2,1-2H3. The van der Waals surface area contributed by atoms with Crippen LogP contribution in [0.25, 0.3) is 0 Å². The van der Waals surface area contributed by atoms with Gasteiger partial charge in [-0.25, -0.2) is 0 Å². The summed E-state index contributed by atoms with van der Waals surface area (Å²) in [6, 6.07) is 0. The molecule has 0 aromatic heterocycles. The van der Waals surface area contributed by atoms with Crippen molar-refractivity contribution in [3.63, 3.8) is 0 Å². The van der Waals surface area contributed by atoms with Gasteiger partial charge in [0, 0.05) is 6.54 Å². The highest BCUT2D eigenvalue weighted by Gasteiger charge is 2.27. The fourth-order valence-corrected chi connectivity index (χ4v) is 0.825. The number of nitrogens with one attached hydrogen (secondary N) is 1. The van der Waals surface area contributed by atoms with Crippen molar-refractivity contribution in [1.82, 2.24) is 5.32 Å². The van der Waals surface area contributed by atoms with Crippen LogP contribution in [0.5, 0.6) is 0 Å². The Hall–Kier alpha value is -0.290. The fourth-order valence-electron chi connectivity index (χ4n) is 0.825. The van der Waals surface area contributed by atoms with E-state index in [0.717, 1.165) is 13.0 Å². The van der Waals surface area contributed by atoms with E-state index in [9.17, 15) is 13.2 Å². The van der Waals surface area contributed by atoms with Gasteiger partial charge in [-0.05, 0) is 12.5 Å². The number of halogens is 3. The number of rotatable bonds is 7. The lowest BCUT2D eigenvalue weighted by atomic mass is 10.1. The van der Waals surface area contributed by atoms with Crippen LogP contribution in [0, 0.1) is 5.92 Å². The second-order valence-electron chi connectivity index (χ2n) is 3.39. The molecule has 0 aliphatic heterocycles. The molecule has 5 heteroatoms. The Morgan fingerprint density at radius 3 is 2.50 bits per heavy atom. The van der Waals surface area contributed by atoms with Gasteiger partial charge in [-0.15, -0.1) is 0 Å². The Morgan fingerprint density at radius 2 is 2.00 bits per heavy atom. The predicted octanol–water partition coefficient (Wildman–Crippen LogP) is 2.20. The summed E-state index contributed by atoms with van der Waals surface area (Å²) in [6.45, 7) is 4.41. The summed E-state index contributed by atoms with van der Waals surface area (Å²) < 4.78 is 39.2. The van der Waals surface area contributed by atoms with Crippen LogP contribution in [0.1, 0.15) is 20.3 Å². The summed E-state index contributed by atoms with van der Waals surface area (Å²) in [5.41, 5.74) is 0. The van der Waals surface area contributed by atoms with Gasteiger partial charge in [0.2, 0.25) is 0 Å². The molecule has 0 saturated carbocycles. The SMILES string of the molecule is CCC(C)CNCCOCC(F)(F)F. The van der Waals surface area contributed by atoms with Crippen molar-refractivity contribution >= 4 is 0 Å². The largest absolute Gasteiger partial charge is 0.411 e. The molecule has 0 spiro atoms. The van der Waals surface area contributed by atoms with Crippen molar-refractivity contribution in [1.29, 1.82) is 0 Å². The molecule has 0 rings (SSSR count). The minimum Gasteiger partial charge on any atom is -0.371 e. The topological polar surface area (TPSA) is 21.3 Å². The second-order valence-corrected chi connectivity index (χ2v) is 3.39. The Labute approximate surface area is 82.8 Å². The van der Waals surface area contributed by atoms with E-state index < -0.39 is 12.8 Å². The van der Waals surface area contributed by atoms with Crippen molar-refractivity contribution in [2.75, 3.05) is 26.3 Å². The highest BCUT2D eigenvalue weighted by atomic mass is 19.4. The van der Waals surface area contributed by atoms with Crippen molar-refractivity contribution in [3.8, 4) is 0 Å². The van der Waals surface area contributed by atoms with Gasteiger partial charge in [0.25, 0.3) is 0 Å². The highest BCUT2D eigenvalue weighted by Crippen LogP contribution is 2.13. The number of hydrogen-bond donors (Lipinski definition) is 1. The van der Waals surface area contributed by atoms with Crippen LogP contribution in [-0.2, 0) is 4.74 Å². The Kier molecular flexibility index (Phi) is 6.92. The van der Waals surface area contributed by atoms with E-state index >= 15 is 0 Å². The molecule has 0 amide bonds. The van der Waals surface area contributed by atoms with Gasteiger partial charge in [0.15, 0.2) is 0 Å². The van der Waals surface area contributed by atoms with E-state index in [1.165, 1.54) is 0 Å². The molecule has 86 valence electrons. The predicted molar refractivity (Wildman–Crippen MR) is 49.2 cm³/mol. The van der Waals surface area contributed by atoms with Gasteiger partial charge >= 0.3 is 6.18 Å². The molecule has 14 heavy (non-hydrogen) atoms. The van der Waals surface area contributed by atoms with Crippen molar-refractivity contribution in [2.24, 2.45) is 5.92 Å². The quantitative estimate of drug-likeness (QED) is 0.655. The lowest BCUT2D eigenvalue weighted by molar-refractivity contribution is -0.173. The van der Waals surface area contributed by atoms with E-state index in [1.807, 2.05) is 0 Å². The van der Waals surface area contributed by atoms with Gasteiger partial charge in [0.1, 0.15) is 6.61 Å². The van der Waals surface area contributed by atoms with Gasteiger partial charge in [-0.3, -0.25) is 0 Å². The maximum atomic E-state index is 11.6. The Morgan fingerprint density at radius 1 is 1.36 bits per heavy atom. The first-order valence-electron chi connectivity index (χ1n) is 4.81. The summed E-state index contributed by atoms with van der Waals surface area (Å²) >= 11 is 0. The van der Waals surface area contributed by atoms with Crippen molar-refractivity contribution in [2.45, 2.75) is 26.4 Å². The molecule has 0 radical (unpaired) electrons. The zero-order chi connectivity index (χ0) is 11.0. The monoisotopic (exact) mass is 213 g/mol. The van der Waals surface area contributed by atoms with Crippen LogP contribution in [0.4, 0.5) is 13.2 Å². The van der Waals surface area contributed by atoms with Crippen molar-refractivity contribution in [3.05, 3.63) is 0 Å². The minimum atomic E-state index is -4.21. The van der Waals surface area contributed by atoms with Crippen LogP contribution >= 0.6 is 0 Å². The van der Waals surface area contributed by atoms with Crippen molar-refractivity contribution < 1.29 is 17.9 Å². The molecular weight excluding hydrogens is 195 g/mol. The van der Waals surface area contributed by atoms with E-state index in [0.29, 0.717) is 12.5 Å². The van der Waals surface area contributed by atoms with E-state index in [-0.39, 0.29) is 6.61 Å². The lowest BCUT2D eigenvalue weighted by Gasteiger charge is -2.11. The average molecular weight is 213 g/mol. The summed E-state index contributed by atoms with van der Waals surface area (Å²) in [5, 5.41) is 3.03. The fraction of sp³-hybridized carbons (Fsp3) is 1.00. The first-order valence-corrected chi connectivity index (χ1v) is 4.81. The zero-order valence-electron chi connectivity index (χ0n) is 8.66. The number of alkyl halides is 3. The van der Waals surface area contributed by atoms with E-state index in [2.05, 4.69) is 23.9 Å². The number of hydrogen-bond acceptors (Lipinski definition) is 2. The third-order valence-electron chi connectivity index (χ3n) is 1.88. The average Bonchev–Trinajstić information content (AvgIpc) is 2.08. The highest BCUT2D eigenvalue weighted by molar-refractivity contribution is 4.54. The number of ether oxygens (including phenoxy) is 1. The van der Waals surface area contributed by atoms with Gasteiger partial charge < -0.3 is 10.1 Å². The first kappa shape index (κ1) is 13.7. The summed E-state index contributed by atoms with van der Waals surface area (Å²) in [6.07, 6.45) is -3.15. The Bertz CT molecular complexity index is 139. The molecule has 0 fully saturated rings. The normalized spacial score (nSPS) is 14.4. The molecule has 0 heterocycles. The maximum Gasteiger partial charge on any atom is 0.411 e. The van der Waals surface area contributed by atoms with Crippen LogP contribution in [0.15, 0.2) is 0 Å². The Balaban J connectivity index is 3.14. The summed E-state index contributed by atoms with van der Waals surface area (Å²) in [4.78, 5) is 0. The summed E-state index contributed by atoms with van der Waals surface area (Å²) in [7, 11) is 0. The maximum absolute atomic E-state index is 11.6. The molecule has 1 unspecified atom stereocenters. The van der Waals surface area contributed by atoms with Crippen LogP contribution in [0.2, 0.25) is 0 Å². The molecule has 0 saturated heterocycles. The van der Waals surface area contributed by atoms with Gasteiger partial charge in [-0.2, -0.15) is 13.2 Å². The minimum absolute atomic E-state index is 0.107. The van der Waals surface area contributed by atoms with Crippen LogP contribution < -0.4 is 5.32 Å². The molecule has 0 aromatic rings. The molecule has 2 nitrogen and oxygen atoms in total. The smallest absolute Gasteiger partial charge is 0.371 e. The van der Waals surface area contributed by atoms with Crippen LogP contribution in [-0.4, -0.2) is 32.5 Å².